The van der Waals surface area contributed by atoms with Gasteiger partial charge >= 0.3 is 12.4 Å². The number of nitrogens with zero attached hydrogens (tertiary/aromatic N) is 2. The van der Waals surface area contributed by atoms with E-state index >= 15 is 0 Å². The van der Waals surface area contributed by atoms with E-state index in [4.69, 9.17) is 4.74 Å². The first kappa shape index (κ1) is 27.3. The molecule has 0 aliphatic carbocycles. The number of hydrogen-bond acceptors (Lipinski definition) is 3. The summed E-state index contributed by atoms with van der Waals surface area (Å²) in [4.78, 5) is 28.6. The molecule has 4 aromatic rings. The van der Waals surface area contributed by atoms with Gasteiger partial charge in [0.25, 0.3) is 11.5 Å². The largest absolute Gasteiger partial charge is 0.497 e. The molecule has 1 aromatic heterocycles. The fourth-order valence-corrected chi connectivity index (χ4v) is 5.16. The van der Waals surface area contributed by atoms with E-state index in [-0.39, 0.29) is 17.2 Å². The number of benzene rings is 3. The fourth-order valence-electron chi connectivity index (χ4n) is 5.16. The predicted molar refractivity (Wildman–Crippen MR) is 136 cm³/mol. The summed E-state index contributed by atoms with van der Waals surface area (Å²) in [5.74, 6) is -0.368. The van der Waals surface area contributed by atoms with Crippen molar-refractivity contribution in [3.05, 3.63) is 98.8 Å². The third kappa shape index (κ3) is 4.80. The van der Waals surface area contributed by atoms with Crippen molar-refractivity contribution in [1.29, 1.82) is 0 Å². The van der Waals surface area contributed by atoms with Gasteiger partial charge in [-0.2, -0.15) is 26.3 Å². The molecule has 0 N–H and O–H groups in total. The van der Waals surface area contributed by atoms with Gasteiger partial charge in [-0.15, -0.1) is 0 Å². The van der Waals surface area contributed by atoms with Gasteiger partial charge in [0, 0.05) is 31.1 Å². The quantitative estimate of drug-likeness (QED) is 0.261. The number of aromatic nitrogens is 1. The zero-order valence-corrected chi connectivity index (χ0v) is 21.3. The summed E-state index contributed by atoms with van der Waals surface area (Å²) in [6.45, 7) is -0.263. The maximum Gasteiger partial charge on any atom is 0.416 e. The number of halogens is 6. The Morgan fingerprint density at radius 3 is 2.23 bits per heavy atom. The highest BCUT2D eigenvalue weighted by Gasteiger charge is 2.37. The number of carbonyl (C=O) groups is 1. The van der Waals surface area contributed by atoms with E-state index in [0.717, 1.165) is 10.5 Å². The summed E-state index contributed by atoms with van der Waals surface area (Å²) >= 11 is 0. The summed E-state index contributed by atoms with van der Waals surface area (Å²) < 4.78 is 87.1. The molecule has 0 fully saturated rings. The number of alkyl halides is 6. The van der Waals surface area contributed by atoms with E-state index in [0.29, 0.717) is 52.9 Å². The number of carbonyl (C=O) groups excluding carboxylic acids is 1. The van der Waals surface area contributed by atoms with Gasteiger partial charge in [0.05, 0.1) is 23.8 Å². The van der Waals surface area contributed by atoms with Crippen LogP contribution in [0.5, 0.6) is 5.75 Å². The molecule has 0 saturated carbocycles. The van der Waals surface area contributed by atoms with Crippen molar-refractivity contribution in [2.75, 3.05) is 14.2 Å². The van der Waals surface area contributed by atoms with Crippen molar-refractivity contribution in [1.82, 2.24) is 9.47 Å². The first-order chi connectivity index (χ1) is 18.8. The second-order valence-corrected chi connectivity index (χ2v) is 9.58. The highest BCUT2D eigenvalue weighted by Crippen LogP contribution is 2.38. The highest BCUT2D eigenvalue weighted by atomic mass is 19.4. The maximum absolute atomic E-state index is 13.8. The third-order valence-corrected chi connectivity index (χ3v) is 6.96. The van der Waals surface area contributed by atoms with Crippen LogP contribution in [-0.2, 0) is 31.9 Å². The van der Waals surface area contributed by atoms with Gasteiger partial charge in [-0.05, 0) is 53.4 Å². The highest BCUT2D eigenvalue weighted by molar-refractivity contribution is 6.09. The minimum atomic E-state index is -5.03. The molecule has 208 valence electrons. The predicted octanol–water partition coefficient (Wildman–Crippen LogP) is 6.54. The van der Waals surface area contributed by atoms with Crippen molar-refractivity contribution in [3.63, 3.8) is 0 Å². The zero-order valence-electron chi connectivity index (χ0n) is 21.3. The van der Waals surface area contributed by atoms with E-state index in [9.17, 15) is 35.9 Å². The van der Waals surface area contributed by atoms with Crippen molar-refractivity contribution < 1.29 is 35.9 Å². The van der Waals surface area contributed by atoms with Gasteiger partial charge in [0.2, 0.25) is 0 Å². The van der Waals surface area contributed by atoms with Crippen LogP contribution in [0.4, 0.5) is 26.3 Å². The molecule has 0 atom stereocenters. The van der Waals surface area contributed by atoms with Gasteiger partial charge in [0.15, 0.2) is 0 Å². The Bertz CT molecular complexity index is 1670. The average molecular weight is 560 g/mol. The molecular weight excluding hydrogens is 538 g/mol. The minimum absolute atomic E-state index is 0.0291. The van der Waals surface area contributed by atoms with E-state index in [1.54, 1.807) is 36.4 Å². The second-order valence-electron chi connectivity index (χ2n) is 9.58. The zero-order chi connectivity index (χ0) is 29.0. The van der Waals surface area contributed by atoms with Crippen LogP contribution >= 0.6 is 0 Å². The lowest BCUT2D eigenvalue weighted by Crippen LogP contribution is -2.35. The summed E-state index contributed by atoms with van der Waals surface area (Å²) in [6, 6.07) is 13.4. The van der Waals surface area contributed by atoms with Crippen LogP contribution < -0.4 is 10.3 Å². The van der Waals surface area contributed by atoms with E-state index in [2.05, 4.69) is 0 Å². The number of para-hydroxylation sites is 1. The molecule has 11 heteroatoms. The molecule has 0 spiro atoms. The summed E-state index contributed by atoms with van der Waals surface area (Å²) in [5, 5.41) is 0.623. The first-order valence-electron chi connectivity index (χ1n) is 12.2. The van der Waals surface area contributed by atoms with Crippen molar-refractivity contribution >= 4 is 16.8 Å². The average Bonchev–Trinajstić information content (AvgIpc) is 3.34. The van der Waals surface area contributed by atoms with Crippen molar-refractivity contribution in [3.8, 4) is 16.9 Å². The fraction of sp³-hybridized carbons (Fsp3) is 0.241. The number of pyridine rings is 1. The Kier molecular flexibility index (Phi) is 6.63. The molecule has 1 aliphatic rings. The third-order valence-electron chi connectivity index (χ3n) is 6.96. The molecule has 40 heavy (non-hydrogen) atoms. The lowest BCUT2D eigenvalue weighted by Gasteiger charge is -2.22. The van der Waals surface area contributed by atoms with Crippen LogP contribution in [0, 0.1) is 0 Å². The van der Waals surface area contributed by atoms with Crippen LogP contribution in [0.2, 0.25) is 0 Å². The molecule has 1 aliphatic heterocycles. The van der Waals surface area contributed by atoms with E-state index in [1.807, 2.05) is 6.07 Å². The number of amides is 1. The van der Waals surface area contributed by atoms with Gasteiger partial charge in [-0.25, -0.2) is 0 Å². The maximum atomic E-state index is 13.8. The number of hydrogen-bond donors (Lipinski definition) is 0. The molecule has 3 aromatic carbocycles. The molecule has 0 unspecified atom stereocenters. The first-order valence-corrected chi connectivity index (χ1v) is 12.2. The molecule has 5 rings (SSSR count). The Balaban J connectivity index is 1.66. The monoisotopic (exact) mass is 560 g/mol. The van der Waals surface area contributed by atoms with Crippen LogP contribution in [0.25, 0.3) is 22.0 Å². The van der Waals surface area contributed by atoms with Crippen molar-refractivity contribution in [2.24, 2.45) is 0 Å². The molecule has 2 heterocycles. The van der Waals surface area contributed by atoms with Crippen molar-refractivity contribution in [2.45, 2.75) is 31.9 Å². The smallest absolute Gasteiger partial charge is 0.416 e. The standard InChI is InChI=1S/C29H22F6N2O3/c1-36(15-16-11-19(28(30,31)32)14-20(12-16)29(33,34)35)26(38)24-23(18-6-3-7-21(13-18)40-2)22-8-4-5-17-9-10-37(25(17)22)27(24)39/h3-8,11-14H,9-10,15H2,1-2H3. The minimum Gasteiger partial charge on any atom is -0.497 e. The second kappa shape index (κ2) is 9.72. The van der Waals surface area contributed by atoms with Crippen LogP contribution in [0.1, 0.15) is 32.6 Å². The van der Waals surface area contributed by atoms with Gasteiger partial charge in [-0.1, -0.05) is 30.3 Å². The Labute approximate surface area is 224 Å². The van der Waals surface area contributed by atoms with E-state index in [1.165, 1.54) is 18.7 Å². The Hall–Kier alpha value is -4.28. The lowest BCUT2D eigenvalue weighted by atomic mass is 9.94. The SMILES string of the molecule is COc1cccc(-c2c(C(=O)N(C)Cc3cc(C(F)(F)F)cc(C(F)(F)F)c3)c(=O)n3c4c(cccc24)CC3)c1. The van der Waals surface area contributed by atoms with Crippen LogP contribution in [0.15, 0.2) is 65.5 Å². The molecule has 0 saturated heterocycles. The summed E-state index contributed by atoms with van der Waals surface area (Å²) in [7, 11) is 2.70. The Morgan fingerprint density at radius 2 is 1.60 bits per heavy atom. The summed E-state index contributed by atoms with van der Waals surface area (Å²) in [5.41, 5.74) is -1.75. The number of rotatable bonds is 5. The topological polar surface area (TPSA) is 51.5 Å². The molecule has 0 radical (unpaired) electrons. The Morgan fingerprint density at radius 1 is 0.950 bits per heavy atom. The number of aryl methyl sites for hydroxylation is 2. The summed E-state index contributed by atoms with van der Waals surface area (Å²) in [6.07, 6.45) is -9.49. The molecule has 0 bridgehead atoms. The van der Waals surface area contributed by atoms with Gasteiger partial charge in [0.1, 0.15) is 11.3 Å². The molecule has 1 amide bonds. The van der Waals surface area contributed by atoms with Gasteiger partial charge in [-0.3, -0.25) is 9.59 Å². The van der Waals surface area contributed by atoms with E-state index < -0.39 is 41.5 Å². The molecular formula is C29H22F6N2O3. The normalized spacial score (nSPS) is 13.1. The lowest BCUT2D eigenvalue weighted by molar-refractivity contribution is -0.143. The molecule has 5 nitrogen and oxygen atoms in total. The number of ether oxygens (including phenoxy) is 1. The van der Waals surface area contributed by atoms with Gasteiger partial charge < -0.3 is 14.2 Å². The number of methoxy groups -OCH3 is 1. The van der Waals surface area contributed by atoms with Crippen LogP contribution in [-0.4, -0.2) is 29.5 Å². The van der Waals surface area contributed by atoms with Crippen LogP contribution in [0.3, 0.4) is 0 Å².